The van der Waals surface area contributed by atoms with Crippen molar-refractivity contribution in [3.8, 4) is 17.3 Å². The van der Waals surface area contributed by atoms with E-state index in [2.05, 4.69) is 36.0 Å². The number of carbonyl (C=O) groups is 1. The lowest BCUT2D eigenvalue weighted by atomic mass is 10.0. The molecule has 37 heavy (non-hydrogen) atoms. The molecule has 1 aliphatic heterocycles. The van der Waals surface area contributed by atoms with Gasteiger partial charge >= 0.3 is 12.1 Å². The van der Waals surface area contributed by atoms with Crippen LogP contribution in [0.15, 0.2) is 49.3 Å². The average molecular weight is 516 g/mol. The highest BCUT2D eigenvalue weighted by molar-refractivity contribution is 5.90. The number of nitrogens with one attached hydrogen (secondary N) is 1. The maximum Gasteiger partial charge on any atom is 0.490 e. The van der Waals surface area contributed by atoms with Crippen molar-refractivity contribution in [2.45, 2.75) is 18.6 Å². The molecule has 2 atom stereocenters. The van der Waals surface area contributed by atoms with Crippen LogP contribution >= 0.6 is 0 Å². The standard InChI is InChI=1S/C21H19FN8.C2HF3O2/c22-8-18(15-4-7-29(11-15)21-14(9-23)2-1-5-25-21)30-12-16(10-28-30)19-17-3-6-24-20(17)27-13-26-19;3-2(4,5)1(6)7/h1-3,5-6,10,12-13,15,18H,4,7-8,11H2,(H,24,26,27);(H,6,7)/t15-,18?;/m0./s1. The predicted octanol–water partition coefficient (Wildman–Crippen LogP) is 3.76. The first kappa shape index (κ1) is 25.5. The number of pyridine rings is 1. The number of hydrogen-bond acceptors (Lipinski definition) is 7. The number of rotatable bonds is 5. The summed E-state index contributed by atoms with van der Waals surface area (Å²) in [5, 5.41) is 21.8. The largest absolute Gasteiger partial charge is 0.490 e. The van der Waals surface area contributed by atoms with Gasteiger partial charge in [-0.15, -0.1) is 0 Å². The fourth-order valence-corrected chi connectivity index (χ4v) is 4.19. The quantitative estimate of drug-likeness (QED) is 0.383. The van der Waals surface area contributed by atoms with Gasteiger partial charge in [-0.2, -0.15) is 23.5 Å². The molecule has 1 aliphatic rings. The molecule has 1 fully saturated rings. The van der Waals surface area contributed by atoms with Crippen molar-refractivity contribution in [3.05, 3.63) is 54.9 Å². The first-order valence-corrected chi connectivity index (χ1v) is 11.0. The second-order valence-corrected chi connectivity index (χ2v) is 8.18. The Morgan fingerprint density at radius 1 is 1.30 bits per heavy atom. The van der Waals surface area contributed by atoms with E-state index >= 15 is 0 Å². The van der Waals surface area contributed by atoms with E-state index in [0.29, 0.717) is 17.9 Å². The molecule has 10 nitrogen and oxygen atoms in total. The molecule has 5 heterocycles. The lowest BCUT2D eigenvalue weighted by Crippen LogP contribution is -2.27. The number of H-pyrrole nitrogens is 1. The topological polar surface area (TPSA) is 137 Å². The van der Waals surface area contributed by atoms with E-state index in [-0.39, 0.29) is 12.0 Å². The number of halogens is 4. The van der Waals surface area contributed by atoms with Crippen molar-refractivity contribution in [3.63, 3.8) is 0 Å². The van der Waals surface area contributed by atoms with Gasteiger partial charge in [-0.1, -0.05) is 0 Å². The Bertz CT molecular complexity index is 1430. The average Bonchev–Trinajstić information content (AvgIpc) is 3.65. The number of carboxylic acid groups (broad SMARTS) is 1. The first-order chi connectivity index (χ1) is 17.7. The Morgan fingerprint density at radius 2 is 2.08 bits per heavy atom. The number of alkyl halides is 4. The van der Waals surface area contributed by atoms with Crippen LogP contribution in [0.3, 0.4) is 0 Å². The zero-order valence-corrected chi connectivity index (χ0v) is 19.1. The number of nitriles is 1. The SMILES string of the molecule is N#Cc1cccnc1N1CC[C@H](C(CF)n2cc(-c3ncnc4[nH]ccc34)cn2)C1.O=C(O)C(F)(F)F. The number of carboxylic acids is 1. The minimum atomic E-state index is -5.08. The van der Waals surface area contributed by atoms with Crippen LogP contribution in [-0.4, -0.2) is 66.7 Å². The molecule has 0 spiro atoms. The van der Waals surface area contributed by atoms with Gasteiger partial charge < -0.3 is 15.0 Å². The molecular formula is C23H20F4N8O2. The summed E-state index contributed by atoms with van der Waals surface area (Å²) in [5.74, 6) is -2.03. The van der Waals surface area contributed by atoms with Gasteiger partial charge in [-0.25, -0.2) is 24.1 Å². The fourth-order valence-electron chi connectivity index (χ4n) is 4.19. The van der Waals surface area contributed by atoms with Crippen molar-refractivity contribution in [1.82, 2.24) is 29.7 Å². The second-order valence-electron chi connectivity index (χ2n) is 8.18. The Balaban J connectivity index is 0.000000405. The van der Waals surface area contributed by atoms with E-state index in [9.17, 15) is 22.8 Å². The monoisotopic (exact) mass is 516 g/mol. The van der Waals surface area contributed by atoms with Gasteiger partial charge in [0.1, 0.15) is 30.5 Å². The summed E-state index contributed by atoms with van der Waals surface area (Å²) in [7, 11) is 0. The zero-order chi connectivity index (χ0) is 26.6. The van der Waals surface area contributed by atoms with Gasteiger partial charge in [0.25, 0.3) is 0 Å². The van der Waals surface area contributed by atoms with E-state index < -0.39 is 18.8 Å². The van der Waals surface area contributed by atoms with Crippen molar-refractivity contribution in [2.75, 3.05) is 24.7 Å². The van der Waals surface area contributed by atoms with E-state index in [4.69, 9.17) is 9.90 Å². The van der Waals surface area contributed by atoms with Gasteiger partial charge in [0.2, 0.25) is 0 Å². The maximum absolute atomic E-state index is 14.1. The van der Waals surface area contributed by atoms with E-state index in [1.165, 1.54) is 6.33 Å². The molecule has 0 aromatic carbocycles. The number of hydrogen-bond donors (Lipinski definition) is 2. The van der Waals surface area contributed by atoms with Crippen LogP contribution in [0.2, 0.25) is 0 Å². The Kier molecular flexibility index (Phi) is 7.32. The molecule has 192 valence electrons. The van der Waals surface area contributed by atoms with Crippen molar-refractivity contribution < 1.29 is 27.5 Å². The van der Waals surface area contributed by atoms with Crippen LogP contribution in [0.1, 0.15) is 18.0 Å². The number of anilines is 1. The summed E-state index contributed by atoms with van der Waals surface area (Å²) in [6.07, 6.45) is 4.30. The van der Waals surface area contributed by atoms with Crippen LogP contribution in [0.25, 0.3) is 22.3 Å². The molecule has 0 bridgehead atoms. The summed E-state index contributed by atoms with van der Waals surface area (Å²) in [6, 6.07) is 7.22. The highest BCUT2D eigenvalue weighted by Gasteiger charge is 2.38. The summed E-state index contributed by atoms with van der Waals surface area (Å²) in [4.78, 5) is 27.0. The highest BCUT2D eigenvalue weighted by Crippen LogP contribution is 2.33. The van der Waals surface area contributed by atoms with Gasteiger partial charge in [-0.05, 0) is 24.6 Å². The third-order valence-electron chi connectivity index (χ3n) is 5.94. The second kappa shape index (κ2) is 10.6. The molecular weight excluding hydrogens is 496 g/mol. The zero-order valence-electron chi connectivity index (χ0n) is 19.1. The first-order valence-electron chi connectivity index (χ1n) is 11.0. The summed E-state index contributed by atoms with van der Waals surface area (Å²) in [6.45, 7) is 0.845. The van der Waals surface area contributed by atoms with Crippen LogP contribution in [0.5, 0.6) is 0 Å². The van der Waals surface area contributed by atoms with Gasteiger partial charge in [0.05, 0.1) is 23.5 Å². The molecule has 14 heteroatoms. The number of aromatic nitrogens is 6. The molecule has 5 rings (SSSR count). The molecule has 1 unspecified atom stereocenters. The van der Waals surface area contributed by atoms with E-state index in [0.717, 1.165) is 35.3 Å². The Hall–Kier alpha value is -4.54. The Morgan fingerprint density at radius 3 is 2.78 bits per heavy atom. The summed E-state index contributed by atoms with van der Waals surface area (Å²) in [5.41, 5.74) is 2.89. The number of aliphatic carboxylic acids is 1. The third kappa shape index (κ3) is 5.50. The lowest BCUT2D eigenvalue weighted by molar-refractivity contribution is -0.192. The van der Waals surface area contributed by atoms with Crippen molar-refractivity contribution in [2.24, 2.45) is 5.92 Å². The van der Waals surface area contributed by atoms with Gasteiger partial charge in [-0.3, -0.25) is 4.68 Å². The van der Waals surface area contributed by atoms with Gasteiger partial charge in [0.15, 0.2) is 0 Å². The molecule has 0 aliphatic carbocycles. The molecule has 0 saturated carbocycles. The fraction of sp³-hybridized carbons (Fsp3) is 0.304. The van der Waals surface area contributed by atoms with Crippen LogP contribution in [0.4, 0.5) is 23.4 Å². The summed E-state index contributed by atoms with van der Waals surface area (Å²) < 4.78 is 47.5. The smallest absolute Gasteiger partial charge is 0.475 e. The molecule has 1 saturated heterocycles. The number of nitrogens with zero attached hydrogens (tertiary/aromatic N) is 7. The van der Waals surface area contributed by atoms with Crippen molar-refractivity contribution in [1.29, 1.82) is 5.26 Å². The Labute approximate surface area is 207 Å². The molecule has 4 aromatic rings. The minimum absolute atomic E-state index is 0.0639. The van der Waals surface area contributed by atoms with Crippen LogP contribution in [0, 0.1) is 17.2 Å². The number of aromatic amines is 1. The highest BCUT2D eigenvalue weighted by atomic mass is 19.4. The molecule has 2 N–H and O–H groups in total. The van der Waals surface area contributed by atoms with Crippen LogP contribution < -0.4 is 4.90 Å². The van der Waals surface area contributed by atoms with E-state index in [1.54, 1.807) is 29.2 Å². The lowest BCUT2D eigenvalue weighted by Gasteiger charge is -2.23. The van der Waals surface area contributed by atoms with Crippen LogP contribution in [-0.2, 0) is 4.79 Å². The molecule has 4 aromatic heterocycles. The van der Waals surface area contributed by atoms with E-state index in [1.807, 2.05) is 18.5 Å². The minimum Gasteiger partial charge on any atom is -0.475 e. The number of fused-ring (bicyclic) bond motifs is 1. The van der Waals surface area contributed by atoms with Gasteiger partial charge in [0, 0.05) is 48.5 Å². The normalized spacial score (nSPS) is 16.2. The van der Waals surface area contributed by atoms with Crippen molar-refractivity contribution >= 4 is 22.8 Å². The molecule has 0 radical (unpaired) electrons. The predicted molar refractivity (Wildman–Crippen MR) is 123 cm³/mol. The molecule has 0 amide bonds. The third-order valence-corrected chi connectivity index (χ3v) is 5.94. The summed E-state index contributed by atoms with van der Waals surface area (Å²) >= 11 is 0. The maximum atomic E-state index is 14.1.